The van der Waals surface area contributed by atoms with Crippen molar-refractivity contribution in [3.63, 3.8) is 0 Å². The molecule has 1 N–H and O–H groups in total. The van der Waals surface area contributed by atoms with Gasteiger partial charge in [-0.05, 0) is 23.8 Å². The van der Waals surface area contributed by atoms with E-state index in [0.717, 1.165) is 5.56 Å². The molecule has 0 spiro atoms. The number of carbonyl (C=O) groups is 2. The fourth-order valence-corrected chi connectivity index (χ4v) is 1.30. The van der Waals surface area contributed by atoms with Gasteiger partial charge in [-0.2, -0.15) is 0 Å². The van der Waals surface area contributed by atoms with Crippen molar-refractivity contribution in [3.8, 4) is 5.75 Å². The predicted octanol–water partition coefficient (Wildman–Crippen LogP) is 1.30. The van der Waals surface area contributed by atoms with Crippen LogP contribution in [0.1, 0.15) is 5.56 Å². The second-order valence-corrected chi connectivity index (χ2v) is 3.13. The number of alkyl carbamates (subject to hydrolysis) is 1. The van der Waals surface area contributed by atoms with Gasteiger partial charge in [-0.15, -0.1) is 0 Å². The number of nitrogens with one attached hydrogen (secondary N) is 1. The van der Waals surface area contributed by atoms with Gasteiger partial charge in [0.15, 0.2) is 5.76 Å². The molecule has 82 valence electrons. The lowest BCUT2D eigenvalue weighted by Crippen LogP contribution is -2.18. The maximum Gasteiger partial charge on any atom is 0.419 e. The number of hydrogen-bond donors (Lipinski definition) is 1. The molecule has 1 aromatic carbocycles. The van der Waals surface area contributed by atoms with E-state index in [4.69, 9.17) is 4.74 Å². The largest absolute Gasteiger partial charge is 0.497 e. The van der Waals surface area contributed by atoms with Crippen LogP contribution in [-0.2, 0) is 9.53 Å². The zero-order valence-electron chi connectivity index (χ0n) is 8.52. The molecule has 1 aliphatic rings. The van der Waals surface area contributed by atoms with Gasteiger partial charge in [0.05, 0.1) is 7.11 Å². The molecule has 0 aliphatic carbocycles. The van der Waals surface area contributed by atoms with Crippen LogP contribution in [0.4, 0.5) is 4.79 Å². The van der Waals surface area contributed by atoms with Crippen molar-refractivity contribution in [3.05, 3.63) is 35.6 Å². The number of imide groups is 1. The Bertz CT molecular complexity index is 479. The summed E-state index contributed by atoms with van der Waals surface area (Å²) in [5.41, 5.74) is 0.721. The monoisotopic (exact) mass is 219 g/mol. The van der Waals surface area contributed by atoms with Crippen molar-refractivity contribution in [2.45, 2.75) is 0 Å². The summed E-state index contributed by atoms with van der Waals surface area (Å²) >= 11 is 0. The molecule has 0 atom stereocenters. The number of rotatable bonds is 2. The van der Waals surface area contributed by atoms with Crippen molar-refractivity contribution in [1.29, 1.82) is 0 Å². The summed E-state index contributed by atoms with van der Waals surface area (Å²) in [6, 6.07) is 7.06. The topological polar surface area (TPSA) is 64.6 Å². The first-order chi connectivity index (χ1) is 7.69. The Morgan fingerprint density at radius 3 is 2.81 bits per heavy atom. The van der Waals surface area contributed by atoms with Gasteiger partial charge in [0.2, 0.25) is 0 Å². The highest BCUT2D eigenvalue weighted by molar-refractivity contribution is 6.09. The standard InChI is InChI=1S/C11H9NO4/c1-15-8-4-2-3-7(5-8)6-9-10(13)12-11(14)16-9/h2-6H,1H3,(H,12,13,14)/b9-6-. The number of cyclic esters (lactones) is 1. The highest BCUT2D eigenvalue weighted by Gasteiger charge is 2.25. The summed E-state index contributed by atoms with van der Waals surface area (Å²) in [5, 5.41) is 2.02. The van der Waals surface area contributed by atoms with Crippen LogP contribution in [0.2, 0.25) is 0 Å². The Labute approximate surface area is 91.7 Å². The molecule has 0 radical (unpaired) electrons. The lowest BCUT2D eigenvalue weighted by Gasteiger charge is -2.00. The number of benzene rings is 1. The molecule has 0 unspecified atom stereocenters. The first-order valence-corrected chi connectivity index (χ1v) is 4.58. The summed E-state index contributed by atoms with van der Waals surface area (Å²) in [4.78, 5) is 21.9. The van der Waals surface area contributed by atoms with Gasteiger partial charge in [0.25, 0.3) is 5.91 Å². The van der Waals surface area contributed by atoms with E-state index in [-0.39, 0.29) is 5.76 Å². The van der Waals surface area contributed by atoms with Gasteiger partial charge in [-0.1, -0.05) is 12.1 Å². The highest BCUT2D eigenvalue weighted by Crippen LogP contribution is 2.17. The normalized spacial score (nSPS) is 17.2. The fraction of sp³-hybridized carbons (Fsp3) is 0.0909. The summed E-state index contributed by atoms with van der Waals surface area (Å²) in [6.45, 7) is 0. The summed E-state index contributed by atoms with van der Waals surface area (Å²) in [6.07, 6.45) is 0.724. The summed E-state index contributed by atoms with van der Waals surface area (Å²) in [5.74, 6) is 0.116. The Kier molecular flexibility index (Phi) is 2.59. The third kappa shape index (κ3) is 2.03. The minimum atomic E-state index is -0.751. The molecular weight excluding hydrogens is 210 g/mol. The summed E-state index contributed by atoms with van der Waals surface area (Å²) < 4.78 is 9.70. The Hall–Kier alpha value is -2.30. The minimum absolute atomic E-state index is 0.0155. The van der Waals surface area contributed by atoms with Crippen LogP contribution >= 0.6 is 0 Å². The van der Waals surface area contributed by atoms with E-state index < -0.39 is 12.0 Å². The van der Waals surface area contributed by atoms with Gasteiger partial charge in [0, 0.05) is 0 Å². The van der Waals surface area contributed by atoms with Gasteiger partial charge >= 0.3 is 6.09 Å². The number of carbonyl (C=O) groups excluding carboxylic acids is 2. The first kappa shape index (κ1) is 10.2. The average molecular weight is 219 g/mol. The van der Waals surface area contributed by atoms with Crippen LogP contribution in [0, 0.1) is 0 Å². The molecule has 0 saturated carbocycles. The maximum absolute atomic E-state index is 11.2. The predicted molar refractivity (Wildman–Crippen MR) is 55.6 cm³/mol. The van der Waals surface area contributed by atoms with Gasteiger partial charge < -0.3 is 9.47 Å². The highest BCUT2D eigenvalue weighted by atomic mass is 16.6. The van der Waals surface area contributed by atoms with Crippen molar-refractivity contribution >= 4 is 18.1 Å². The van der Waals surface area contributed by atoms with E-state index in [0.29, 0.717) is 5.75 Å². The van der Waals surface area contributed by atoms with Crippen molar-refractivity contribution in [2.75, 3.05) is 7.11 Å². The molecule has 0 aromatic heterocycles. The SMILES string of the molecule is COc1cccc(/C=C2\OC(=O)NC2=O)c1. The number of methoxy groups -OCH3 is 1. The Morgan fingerprint density at radius 2 is 2.19 bits per heavy atom. The van der Waals surface area contributed by atoms with E-state index in [1.165, 1.54) is 6.08 Å². The van der Waals surface area contributed by atoms with Crippen LogP contribution in [-0.4, -0.2) is 19.1 Å². The van der Waals surface area contributed by atoms with Crippen LogP contribution in [0.3, 0.4) is 0 Å². The maximum atomic E-state index is 11.2. The molecule has 1 aliphatic heterocycles. The van der Waals surface area contributed by atoms with E-state index in [9.17, 15) is 9.59 Å². The fourth-order valence-electron chi connectivity index (χ4n) is 1.30. The van der Waals surface area contributed by atoms with Crippen molar-refractivity contribution < 1.29 is 19.1 Å². The molecule has 5 nitrogen and oxygen atoms in total. The zero-order chi connectivity index (χ0) is 11.5. The molecule has 16 heavy (non-hydrogen) atoms. The molecule has 0 bridgehead atoms. The molecular formula is C11H9NO4. The molecule has 1 heterocycles. The van der Waals surface area contributed by atoms with Crippen LogP contribution in [0.5, 0.6) is 5.75 Å². The number of hydrogen-bond acceptors (Lipinski definition) is 4. The lowest BCUT2D eigenvalue weighted by molar-refractivity contribution is -0.116. The first-order valence-electron chi connectivity index (χ1n) is 4.58. The molecule has 2 amide bonds. The van der Waals surface area contributed by atoms with E-state index >= 15 is 0 Å². The van der Waals surface area contributed by atoms with Gasteiger partial charge in [0.1, 0.15) is 5.75 Å². The van der Waals surface area contributed by atoms with Crippen LogP contribution < -0.4 is 10.1 Å². The smallest absolute Gasteiger partial charge is 0.419 e. The van der Waals surface area contributed by atoms with Gasteiger partial charge in [-0.25, -0.2) is 4.79 Å². The van der Waals surface area contributed by atoms with Crippen molar-refractivity contribution in [2.24, 2.45) is 0 Å². The molecule has 2 rings (SSSR count). The van der Waals surface area contributed by atoms with E-state index in [2.05, 4.69) is 4.74 Å². The van der Waals surface area contributed by atoms with Crippen LogP contribution in [0.25, 0.3) is 6.08 Å². The quantitative estimate of drug-likeness (QED) is 0.761. The zero-order valence-corrected chi connectivity index (χ0v) is 8.52. The van der Waals surface area contributed by atoms with Crippen molar-refractivity contribution in [1.82, 2.24) is 5.32 Å². The second kappa shape index (κ2) is 4.06. The number of ether oxygens (including phenoxy) is 2. The molecule has 1 aromatic rings. The second-order valence-electron chi connectivity index (χ2n) is 3.13. The Balaban J connectivity index is 2.28. The molecule has 1 saturated heterocycles. The lowest BCUT2D eigenvalue weighted by atomic mass is 10.2. The molecule has 1 fully saturated rings. The Morgan fingerprint density at radius 1 is 1.38 bits per heavy atom. The van der Waals surface area contributed by atoms with Gasteiger partial charge in [-0.3, -0.25) is 10.1 Å². The third-order valence-corrected chi connectivity index (χ3v) is 2.03. The van der Waals surface area contributed by atoms with E-state index in [1.54, 1.807) is 31.4 Å². The number of amides is 2. The summed E-state index contributed by atoms with van der Waals surface area (Å²) in [7, 11) is 1.55. The van der Waals surface area contributed by atoms with E-state index in [1.807, 2.05) is 5.32 Å². The average Bonchev–Trinajstić information content (AvgIpc) is 2.58. The van der Waals surface area contributed by atoms with Crippen LogP contribution in [0.15, 0.2) is 30.0 Å². The third-order valence-electron chi connectivity index (χ3n) is 2.03. The minimum Gasteiger partial charge on any atom is -0.497 e. The molecule has 5 heteroatoms.